The summed E-state index contributed by atoms with van der Waals surface area (Å²) in [4.78, 5) is 10.4. The van der Waals surface area contributed by atoms with Crippen molar-refractivity contribution in [2.45, 2.75) is 13.0 Å². The molecular weight excluding hydrogens is 360 g/mol. The van der Waals surface area contributed by atoms with Crippen molar-refractivity contribution in [2.75, 3.05) is 19.5 Å². The number of anilines is 1. The van der Waals surface area contributed by atoms with Gasteiger partial charge in [0, 0.05) is 16.9 Å². The monoisotopic (exact) mass is 380 g/mol. The lowest BCUT2D eigenvalue weighted by Gasteiger charge is -2.11. The van der Waals surface area contributed by atoms with E-state index in [1.807, 2.05) is 24.3 Å². The fourth-order valence-corrected chi connectivity index (χ4v) is 4.22. The molecule has 0 aliphatic heterocycles. The van der Waals surface area contributed by atoms with E-state index in [2.05, 4.69) is 28.5 Å². The number of hydrogen-bond acceptors (Lipinski definition) is 5. The number of nitrogens with zero attached hydrogens (tertiary/aromatic N) is 2. The van der Waals surface area contributed by atoms with E-state index >= 15 is 0 Å². The summed E-state index contributed by atoms with van der Waals surface area (Å²) < 4.78 is 10.8. The Morgan fingerprint density at radius 3 is 2.63 bits per heavy atom. The fourth-order valence-electron chi connectivity index (χ4n) is 3.21. The lowest BCUT2D eigenvalue weighted by Crippen LogP contribution is -2.22. The smallest absolute Gasteiger partial charge is 0.195 e. The van der Waals surface area contributed by atoms with Crippen molar-refractivity contribution in [2.24, 2.45) is 10.7 Å². The molecule has 0 spiro atoms. The minimum atomic E-state index is 0.309. The predicted molar refractivity (Wildman–Crippen MR) is 109 cm³/mol. The Morgan fingerprint density at radius 2 is 1.89 bits per heavy atom. The lowest BCUT2D eigenvalue weighted by molar-refractivity contribution is 0.385. The van der Waals surface area contributed by atoms with Crippen LogP contribution in [0.15, 0.2) is 47.5 Å². The summed E-state index contributed by atoms with van der Waals surface area (Å²) in [6, 6.07) is 14.0. The molecule has 0 atom stereocenters. The maximum atomic E-state index is 6.07. The zero-order valence-corrected chi connectivity index (χ0v) is 16.0. The van der Waals surface area contributed by atoms with E-state index in [9.17, 15) is 0 Å². The van der Waals surface area contributed by atoms with Gasteiger partial charge in [-0.05, 0) is 17.7 Å². The molecule has 2 aromatic carbocycles. The standard InChI is InChI=1S/C20H20N4O2S/c1-25-15-8-5-9-16(26-2)14(15)11-22-19(21)24-20-23-18-13-7-4-3-6-12(13)10-17(18)27-20/h3-9H,10-11H2,1-2H3,(H3,21,22,23,24). The number of thiazole rings is 1. The van der Waals surface area contributed by atoms with Gasteiger partial charge < -0.3 is 20.5 Å². The van der Waals surface area contributed by atoms with Crippen LogP contribution < -0.4 is 20.5 Å². The summed E-state index contributed by atoms with van der Waals surface area (Å²) in [5.74, 6) is 1.75. The van der Waals surface area contributed by atoms with Gasteiger partial charge in [-0.1, -0.05) is 30.3 Å². The minimum absolute atomic E-state index is 0.309. The molecule has 27 heavy (non-hydrogen) atoms. The molecule has 0 saturated heterocycles. The first-order valence-corrected chi connectivity index (χ1v) is 9.36. The van der Waals surface area contributed by atoms with Gasteiger partial charge in [0.2, 0.25) is 0 Å². The van der Waals surface area contributed by atoms with Crippen LogP contribution >= 0.6 is 11.3 Å². The maximum absolute atomic E-state index is 6.07. The quantitative estimate of drug-likeness (QED) is 0.408. The highest BCUT2D eigenvalue weighted by atomic mass is 32.1. The summed E-state index contributed by atoms with van der Waals surface area (Å²) >= 11 is 1.61. The van der Waals surface area contributed by atoms with Crippen LogP contribution in [0.3, 0.4) is 0 Å². The van der Waals surface area contributed by atoms with Gasteiger partial charge in [-0.2, -0.15) is 0 Å². The Balaban J connectivity index is 1.51. The summed E-state index contributed by atoms with van der Waals surface area (Å²) in [5, 5.41) is 3.85. The number of aromatic nitrogens is 1. The molecule has 0 amide bonds. The first-order chi connectivity index (χ1) is 13.2. The molecule has 0 saturated carbocycles. The van der Waals surface area contributed by atoms with Crippen molar-refractivity contribution >= 4 is 22.4 Å². The molecule has 1 aliphatic rings. The number of guanidine groups is 1. The van der Waals surface area contributed by atoms with Gasteiger partial charge in [0.25, 0.3) is 0 Å². The Kier molecular flexibility index (Phi) is 4.68. The molecule has 138 valence electrons. The SMILES string of the molecule is COc1cccc(OC)c1CN=C(N)Nc1nc2c(s1)Cc1ccccc1-2. The molecule has 0 bridgehead atoms. The number of aliphatic imine (C=N–C) groups is 1. The minimum Gasteiger partial charge on any atom is -0.496 e. The van der Waals surface area contributed by atoms with E-state index in [1.54, 1.807) is 25.6 Å². The molecule has 6 nitrogen and oxygen atoms in total. The predicted octanol–water partition coefficient (Wildman–Crippen LogP) is 3.66. The second kappa shape index (κ2) is 7.28. The van der Waals surface area contributed by atoms with Crippen molar-refractivity contribution in [3.8, 4) is 22.8 Å². The highest BCUT2D eigenvalue weighted by Gasteiger charge is 2.23. The van der Waals surface area contributed by atoms with E-state index in [0.29, 0.717) is 12.5 Å². The molecule has 1 aliphatic carbocycles. The number of rotatable bonds is 5. The fraction of sp³-hybridized carbons (Fsp3) is 0.200. The molecule has 0 fully saturated rings. The highest BCUT2D eigenvalue weighted by molar-refractivity contribution is 7.16. The molecule has 3 N–H and O–H groups in total. The van der Waals surface area contributed by atoms with Crippen LogP contribution in [-0.2, 0) is 13.0 Å². The molecule has 3 aromatic rings. The van der Waals surface area contributed by atoms with Gasteiger partial charge in [0.1, 0.15) is 11.5 Å². The van der Waals surface area contributed by atoms with Gasteiger partial charge in [-0.3, -0.25) is 0 Å². The van der Waals surface area contributed by atoms with Crippen molar-refractivity contribution in [1.29, 1.82) is 0 Å². The number of methoxy groups -OCH3 is 2. The molecule has 1 aromatic heterocycles. The van der Waals surface area contributed by atoms with Gasteiger partial charge in [-0.15, -0.1) is 11.3 Å². The number of fused-ring (bicyclic) bond motifs is 3. The zero-order chi connectivity index (χ0) is 18.8. The third-order valence-corrected chi connectivity index (χ3v) is 5.46. The van der Waals surface area contributed by atoms with Crippen LogP contribution in [0.1, 0.15) is 16.0 Å². The van der Waals surface area contributed by atoms with Gasteiger partial charge in [0.05, 0.1) is 32.0 Å². The average molecular weight is 380 g/mol. The summed E-state index contributed by atoms with van der Waals surface area (Å²) in [7, 11) is 3.25. The highest BCUT2D eigenvalue weighted by Crippen LogP contribution is 2.40. The van der Waals surface area contributed by atoms with Gasteiger partial charge >= 0.3 is 0 Å². The third kappa shape index (κ3) is 3.33. The molecule has 1 heterocycles. The van der Waals surface area contributed by atoms with E-state index in [4.69, 9.17) is 20.2 Å². The van der Waals surface area contributed by atoms with E-state index in [0.717, 1.165) is 34.3 Å². The van der Waals surface area contributed by atoms with Gasteiger partial charge in [-0.25, -0.2) is 9.98 Å². The van der Waals surface area contributed by atoms with Crippen LogP contribution in [0, 0.1) is 0 Å². The summed E-state index contributed by atoms with van der Waals surface area (Å²) in [5.41, 5.74) is 10.5. The van der Waals surface area contributed by atoms with Crippen molar-refractivity contribution in [1.82, 2.24) is 4.98 Å². The van der Waals surface area contributed by atoms with Gasteiger partial charge in [0.15, 0.2) is 11.1 Å². The topological polar surface area (TPSA) is 81.8 Å². The zero-order valence-electron chi connectivity index (χ0n) is 15.2. The second-order valence-corrected chi connectivity index (χ2v) is 7.18. The Hall–Kier alpha value is -3.06. The lowest BCUT2D eigenvalue weighted by atomic mass is 10.1. The first kappa shape index (κ1) is 17.4. The van der Waals surface area contributed by atoms with Crippen molar-refractivity contribution in [3.05, 3.63) is 58.5 Å². The first-order valence-electron chi connectivity index (χ1n) is 8.54. The molecular formula is C20H20N4O2S. The van der Waals surface area contributed by atoms with E-state index in [-0.39, 0.29) is 0 Å². The Labute approximate surface area is 161 Å². The van der Waals surface area contributed by atoms with Crippen molar-refractivity contribution in [3.63, 3.8) is 0 Å². The van der Waals surface area contributed by atoms with Crippen LogP contribution in [-0.4, -0.2) is 25.2 Å². The molecule has 0 unspecified atom stereocenters. The number of nitrogens with one attached hydrogen (secondary N) is 1. The molecule has 7 heteroatoms. The summed E-state index contributed by atoms with van der Waals surface area (Å²) in [6.45, 7) is 0.347. The van der Waals surface area contributed by atoms with Crippen LogP contribution in [0.5, 0.6) is 11.5 Å². The Morgan fingerprint density at radius 1 is 1.15 bits per heavy atom. The van der Waals surface area contributed by atoms with Crippen LogP contribution in [0.4, 0.5) is 5.13 Å². The molecule has 0 radical (unpaired) electrons. The van der Waals surface area contributed by atoms with Crippen molar-refractivity contribution < 1.29 is 9.47 Å². The number of benzene rings is 2. The average Bonchev–Trinajstić information content (AvgIpc) is 3.23. The number of ether oxygens (including phenoxy) is 2. The normalized spacial score (nSPS) is 12.4. The van der Waals surface area contributed by atoms with Crippen LogP contribution in [0.2, 0.25) is 0 Å². The number of nitrogens with two attached hydrogens (primary N) is 1. The third-order valence-electron chi connectivity index (χ3n) is 4.49. The van der Waals surface area contributed by atoms with E-state index < -0.39 is 0 Å². The summed E-state index contributed by atoms with van der Waals surface area (Å²) in [6.07, 6.45) is 0.917. The second-order valence-electron chi connectivity index (χ2n) is 6.09. The molecule has 4 rings (SSSR count). The Bertz CT molecular complexity index is 991. The van der Waals surface area contributed by atoms with E-state index in [1.165, 1.54) is 16.0 Å². The largest absolute Gasteiger partial charge is 0.496 e. The number of hydrogen-bond donors (Lipinski definition) is 2. The van der Waals surface area contributed by atoms with Crippen LogP contribution in [0.25, 0.3) is 11.3 Å². The maximum Gasteiger partial charge on any atom is 0.195 e.